The topological polar surface area (TPSA) is 27.8 Å². The number of hydrogen-bond donors (Lipinski definition) is 2. The highest BCUT2D eigenvalue weighted by atomic mass is 19.2. The number of H-pyrrole nitrogens is 1. The summed E-state index contributed by atoms with van der Waals surface area (Å²) in [6, 6.07) is 0.534. The predicted molar refractivity (Wildman–Crippen MR) is 62.9 cm³/mol. The van der Waals surface area contributed by atoms with E-state index in [0.717, 1.165) is 25.0 Å². The molecule has 2 nitrogen and oxygen atoms in total. The van der Waals surface area contributed by atoms with Crippen LogP contribution in [-0.4, -0.2) is 12.0 Å². The van der Waals surface area contributed by atoms with Crippen LogP contribution in [0.3, 0.4) is 0 Å². The van der Waals surface area contributed by atoms with E-state index in [1.54, 1.807) is 7.05 Å². The van der Waals surface area contributed by atoms with Crippen LogP contribution in [0, 0.1) is 17.5 Å². The molecule has 0 saturated carbocycles. The Morgan fingerprint density at radius 2 is 2.06 bits per heavy atom. The van der Waals surface area contributed by atoms with Gasteiger partial charge in [0.15, 0.2) is 11.6 Å². The van der Waals surface area contributed by atoms with E-state index in [9.17, 15) is 13.2 Å². The van der Waals surface area contributed by atoms with Crippen molar-refractivity contribution in [2.75, 3.05) is 7.05 Å². The molecular weight excluding hydrogens is 241 g/mol. The first kappa shape index (κ1) is 11.6. The van der Waals surface area contributed by atoms with E-state index in [0.29, 0.717) is 11.6 Å². The summed E-state index contributed by atoms with van der Waals surface area (Å²) in [5, 5.41) is 3.13. The summed E-state index contributed by atoms with van der Waals surface area (Å²) in [7, 11) is 1.77. The lowest BCUT2D eigenvalue weighted by Crippen LogP contribution is -2.21. The molecule has 1 aromatic carbocycles. The maximum Gasteiger partial charge on any atom is 0.168 e. The molecule has 1 unspecified atom stereocenters. The Labute approximate surface area is 102 Å². The van der Waals surface area contributed by atoms with Gasteiger partial charge in [0.25, 0.3) is 0 Å². The highest BCUT2D eigenvalue weighted by Crippen LogP contribution is 2.38. The lowest BCUT2D eigenvalue weighted by atomic mass is 9.90. The average Bonchev–Trinajstić information content (AvgIpc) is 2.76. The minimum absolute atomic E-state index is 0.0570. The first-order chi connectivity index (χ1) is 8.63. The largest absolute Gasteiger partial charge is 0.356 e. The second kappa shape index (κ2) is 4.02. The van der Waals surface area contributed by atoms with Crippen molar-refractivity contribution in [1.29, 1.82) is 0 Å². The van der Waals surface area contributed by atoms with Crippen molar-refractivity contribution < 1.29 is 13.2 Å². The molecule has 1 aliphatic rings. The van der Waals surface area contributed by atoms with Gasteiger partial charge in [0.05, 0.1) is 5.52 Å². The molecular formula is C13H13F3N2. The fourth-order valence-electron chi connectivity index (χ4n) is 2.84. The molecule has 0 fully saturated rings. The number of halogens is 3. The van der Waals surface area contributed by atoms with Gasteiger partial charge in [-0.1, -0.05) is 0 Å². The van der Waals surface area contributed by atoms with Crippen molar-refractivity contribution in [1.82, 2.24) is 10.3 Å². The molecule has 18 heavy (non-hydrogen) atoms. The number of hydrogen-bond acceptors (Lipinski definition) is 1. The zero-order valence-electron chi connectivity index (χ0n) is 9.91. The standard InChI is InChI=1S/C13H13F3N2/c1-17-8-3-2-4-9-10(8)11-12(16)6(14)5-7(15)13(11)18-9/h5,8,17-18H,2-4H2,1H3. The zero-order valence-corrected chi connectivity index (χ0v) is 9.91. The third-order valence-corrected chi connectivity index (χ3v) is 3.66. The third kappa shape index (κ3) is 1.47. The lowest BCUT2D eigenvalue weighted by Gasteiger charge is -2.22. The molecule has 0 amide bonds. The zero-order chi connectivity index (χ0) is 12.9. The fourth-order valence-corrected chi connectivity index (χ4v) is 2.84. The molecule has 0 aliphatic heterocycles. The first-order valence-corrected chi connectivity index (χ1v) is 5.98. The summed E-state index contributed by atoms with van der Waals surface area (Å²) in [6.07, 6.45) is 2.52. The Balaban J connectivity index is 2.39. The second-order valence-corrected chi connectivity index (χ2v) is 4.65. The number of aromatic nitrogens is 1. The summed E-state index contributed by atoms with van der Waals surface area (Å²) in [6.45, 7) is 0. The number of aromatic amines is 1. The minimum Gasteiger partial charge on any atom is -0.356 e. The van der Waals surface area contributed by atoms with Crippen LogP contribution in [-0.2, 0) is 6.42 Å². The van der Waals surface area contributed by atoms with Crippen LogP contribution in [0.25, 0.3) is 10.9 Å². The van der Waals surface area contributed by atoms with Gasteiger partial charge < -0.3 is 10.3 Å². The van der Waals surface area contributed by atoms with Crippen molar-refractivity contribution >= 4 is 10.9 Å². The van der Waals surface area contributed by atoms with Gasteiger partial charge in [-0.25, -0.2) is 13.2 Å². The van der Waals surface area contributed by atoms with Crippen molar-refractivity contribution in [2.24, 2.45) is 0 Å². The van der Waals surface area contributed by atoms with Crippen LogP contribution in [0.4, 0.5) is 13.2 Å². The van der Waals surface area contributed by atoms with Crippen LogP contribution in [0.5, 0.6) is 0 Å². The van der Waals surface area contributed by atoms with Gasteiger partial charge in [0.1, 0.15) is 5.82 Å². The normalized spacial score (nSPS) is 19.2. The van der Waals surface area contributed by atoms with Crippen LogP contribution in [0.1, 0.15) is 30.1 Å². The number of rotatable bonds is 1. The molecule has 5 heteroatoms. The highest BCUT2D eigenvalue weighted by molar-refractivity contribution is 5.86. The van der Waals surface area contributed by atoms with E-state index in [1.807, 2.05) is 0 Å². The summed E-state index contributed by atoms with van der Waals surface area (Å²) in [4.78, 5) is 2.90. The van der Waals surface area contributed by atoms with Crippen molar-refractivity contribution in [3.8, 4) is 0 Å². The monoisotopic (exact) mass is 254 g/mol. The average molecular weight is 254 g/mol. The number of benzene rings is 1. The highest BCUT2D eigenvalue weighted by Gasteiger charge is 2.28. The van der Waals surface area contributed by atoms with Gasteiger partial charge in [0, 0.05) is 28.8 Å². The molecule has 2 N–H and O–H groups in total. The van der Waals surface area contributed by atoms with Crippen LogP contribution in [0.15, 0.2) is 6.07 Å². The van der Waals surface area contributed by atoms with Crippen molar-refractivity contribution in [2.45, 2.75) is 25.3 Å². The fraction of sp³-hybridized carbons (Fsp3) is 0.385. The number of aryl methyl sites for hydroxylation is 1. The molecule has 1 heterocycles. The molecule has 1 atom stereocenters. The maximum absolute atomic E-state index is 13.9. The van der Waals surface area contributed by atoms with Gasteiger partial charge in [0.2, 0.25) is 0 Å². The van der Waals surface area contributed by atoms with Crippen LogP contribution >= 0.6 is 0 Å². The summed E-state index contributed by atoms with van der Waals surface area (Å²) in [5.74, 6) is -2.85. The summed E-state index contributed by atoms with van der Waals surface area (Å²) in [5.41, 5.74) is 1.55. The van der Waals surface area contributed by atoms with E-state index >= 15 is 0 Å². The predicted octanol–water partition coefficient (Wildman–Crippen LogP) is 3.18. The Morgan fingerprint density at radius 1 is 1.28 bits per heavy atom. The van der Waals surface area contributed by atoms with Crippen LogP contribution < -0.4 is 5.32 Å². The molecule has 0 bridgehead atoms. The summed E-state index contributed by atoms with van der Waals surface area (Å²) >= 11 is 0. The smallest absolute Gasteiger partial charge is 0.168 e. The summed E-state index contributed by atoms with van der Waals surface area (Å²) < 4.78 is 40.9. The quantitative estimate of drug-likeness (QED) is 0.751. The first-order valence-electron chi connectivity index (χ1n) is 5.98. The molecule has 0 radical (unpaired) electrons. The molecule has 2 aromatic rings. The van der Waals surface area contributed by atoms with Gasteiger partial charge in [-0.15, -0.1) is 0 Å². The lowest BCUT2D eigenvalue weighted by molar-refractivity contribution is 0.488. The van der Waals surface area contributed by atoms with E-state index in [1.165, 1.54) is 0 Å². The maximum atomic E-state index is 13.9. The Morgan fingerprint density at radius 3 is 2.78 bits per heavy atom. The molecule has 0 saturated heterocycles. The molecule has 1 aliphatic carbocycles. The molecule has 0 spiro atoms. The Kier molecular flexibility index (Phi) is 2.59. The minimum atomic E-state index is -1.14. The van der Waals surface area contributed by atoms with E-state index in [2.05, 4.69) is 10.3 Å². The SMILES string of the molecule is CNC1CCCc2[nH]c3c(F)cc(F)c(F)c3c21. The van der Waals surface area contributed by atoms with Gasteiger partial charge in [-0.2, -0.15) is 0 Å². The second-order valence-electron chi connectivity index (χ2n) is 4.65. The van der Waals surface area contributed by atoms with Crippen molar-refractivity contribution in [3.63, 3.8) is 0 Å². The Bertz CT molecular complexity index is 618. The Hall–Kier alpha value is -1.49. The molecule has 3 rings (SSSR count). The van der Waals surface area contributed by atoms with Crippen LogP contribution in [0.2, 0.25) is 0 Å². The number of fused-ring (bicyclic) bond motifs is 3. The van der Waals surface area contributed by atoms with E-state index < -0.39 is 17.5 Å². The van der Waals surface area contributed by atoms with Gasteiger partial charge in [-0.3, -0.25) is 0 Å². The molecule has 1 aromatic heterocycles. The third-order valence-electron chi connectivity index (χ3n) is 3.66. The van der Waals surface area contributed by atoms with Gasteiger partial charge >= 0.3 is 0 Å². The number of nitrogens with one attached hydrogen (secondary N) is 2. The molecule has 96 valence electrons. The van der Waals surface area contributed by atoms with E-state index in [4.69, 9.17) is 0 Å². The van der Waals surface area contributed by atoms with Crippen molar-refractivity contribution in [3.05, 3.63) is 34.8 Å². The van der Waals surface area contributed by atoms with Gasteiger partial charge in [-0.05, 0) is 26.3 Å². The van der Waals surface area contributed by atoms with E-state index in [-0.39, 0.29) is 16.9 Å².